The molecule has 0 radical (unpaired) electrons. The van der Waals surface area contributed by atoms with Crippen LogP contribution < -0.4 is 0 Å². The standard InChI is InChI=1S/C20H24O4/c1-15-18(22-13-16-8-4-2-5-9-16)12-19(20(21)24-15)23-14-17-10-6-3-7-11-17/h2-11,15,18-21H,12-14H2,1H3/t15-,18+,19+,20+/m1/s1. The van der Waals surface area contributed by atoms with E-state index in [0.717, 1.165) is 11.1 Å². The van der Waals surface area contributed by atoms with Crippen LogP contribution in [0.25, 0.3) is 0 Å². The van der Waals surface area contributed by atoms with Gasteiger partial charge in [0.2, 0.25) is 0 Å². The van der Waals surface area contributed by atoms with E-state index in [1.54, 1.807) is 0 Å². The van der Waals surface area contributed by atoms with Crippen molar-refractivity contribution in [2.45, 2.75) is 51.2 Å². The molecule has 4 heteroatoms. The molecule has 0 aliphatic carbocycles. The Bertz CT molecular complexity index is 548. The molecule has 1 heterocycles. The largest absolute Gasteiger partial charge is 0.371 e. The topological polar surface area (TPSA) is 47.9 Å². The van der Waals surface area contributed by atoms with Crippen molar-refractivity contribution >= 4 is 0 Å². The lowest BCUT2D eigenvalue weighted by atomic mass is 10.0. The van der Waals surface area contributed by atoms with Crippen LogP contribution in [-0.4, -0.2) is 29.7 Å². The zero-order valence-corrected chi connectivity index (χ0v) is 13.9. The van der Waals surface area contributed by atoms with Gasteiger partial charge in [-0.1, -0.05) is 60.7 Å². The highest BCUT2D eigenvalue weighted by Gasteiger charge is 2.36. The summed E-state index contributed by atoms with van der Waals surface area (Å²) in [6.07, 6.45) is -0.959. The first-order valence-corrected chi connectivity index (χ1v) is 8.37. The summed E-state index contributed by atoms with van der Waals surface area (Å²) in [7, 11) is 0. The predicted octanol–water partition coefficient (Wildman–Crippen LogP) is 3.28. The molecule has 1 aliphatic rings. The average molecular weight is 328 g/mol. The van der Waals surface area contributed by atoms with E-state index in [1.807, 2.05) is 67.6 Å². The Morgan fingerprint density at radius 1 is 0.875 bits per heavy atom. The maximum absolute atomic E-state index is 10.1. The Labute approximate surface area is 143 Å². The number of aliphatic hydroxyl groups excluding tert-OH is 1. The van der Waals surface area contributed by atoms with Gasteiger partial charge in [0.05, 0.1) is 25.4 Å². The lowest BCUT2D eigenvalue weighted by Crippen LogP contribution is -2.48. The van der Waals surface area contributed by atoms with Crippen LogP contribution in [0.15, 0.2) is 60.7 Å². The van der Waals surface area contributed by atoms with E-state index in [-0.39, 0.29) is 18.3 Å². The van der Waals surface area contributed by atoms with Gasteiger partial charge in [-0.3, -0.25) is 0 Å². The molecule has 128 valence electrons. The van der Waals surface area contributed by atoms with Crippen molar-refractivity contribution in [2.75, 3.05) is 0 Å². The van der Waals surface area contributed by atoms with Crippen LogP contribution in [0.5, 0.6) is 0 Å². The van der Waals surface area contributed by atoms with Gasteiger partial charge in [0, 0.05) is 6.42 Å². The normalized spacial score (nSPS) is 27.1. The van der Waals surface area contributed by atoms with Gasteiger partial charge >= 0.3 is 0 Å². The minimum atomic E-state index is -0.916. The van der Waals surface area contributed by atoms with E-state index in [0.29, 0.717) is 19.6 Å². The van der Waals surface area contributed by atoms with Crippen LogP contribution >= 0.6 is 0 Å². The van der Waals surface area contributed by atoms with Crippen LogP contribution in [0, 0.1) is 0 Å². The van der Waals surface area contributed by atoms with Gasteiger partial charge in [-0.05, 0) is 18.1 Å². The van der Waals surface area contributed by atoms with Crippen molar-refractivity contribution in [2.24, 2.45) is 0 Å². The summed E-state index contributed by atoms with van der Waals surface area (Å²) in [4.78, 5) is 0. The average Bonchev–Trinajstić information content (AvgIpc) is 2.62. The zero-order chi connectivity index (χ0) is 16.8. The second-order valence-corrected chi connectivity index (χ2v) is 6.14. The fourth-order valence-electron chi connectivity index (χ4n) is 2.84. The molecular formula is C20H24O4. The van der Waals surface area contributed by atoms with Crippen molar-refractivity contribution in [1.82, 2.24) is 0 Å². The zero-order valence-electron chi connectivity index (χ0n) is 13.9. The molecule has 3 rings (SSSR count). The highest BCUT2D eigenvalue weighted by atomic mass is 16.7. The van der Waals surface area contributed by atoms with Crippen LogP contribution in [0.3, 0.4) is 0 Å². The lowest BCUT2D eigenvalue weighted by Gasteiger charge is -2.37. The van der Waals surface area contributed by atoms with Gasteiger partial charge in [0.25, 0.3) is 0 Å². The van der Waals surface area contributed by atoms with E-state index in [9.17, 15) is 5.11 Å². The van der Waals surface area contributed by atoms with E-state index in [1.165, 1.54) is 0 Å². The van der Waals surface area contributed by atoms with Crippen molar-refractivity contribution < 1.29 is 19.3 Å². The summed E-state index contributed by atoms with van der Waals surface area (Å²) in [6.45, 7) is 2.90. The fraction of sp³-hybridized carbons (Fsp3) is 0.400. The number of rotatable bonds is 6. The first-order valence-electron chi connectivity index (χ1n) is 8.37. The molecule has 0 bridgehead atoms. The quantitative estimate of drug-likeness (QED) is 0.884. The van der Waals surface area contributed by atoms with Crippen LogP contribution in [0.4, 0.5) is 0 Å². The molecule has 1 N–H and O–H groups in total. The van der Waals surface area contributed by atoms with Crippen molar-refractivity contribution in [3.8, 4) is 0 Å². The molecule has 1 fully saturated rings. The minimum Gasteiger partial charge on any atom is -0.371 e. The number of aliphatic hydroxyl groups is 1. The number of hydrogen-bond acceptors (Lipinski definition) is 4. The third kappa shape index (κ3) is 4.65. The number of benzene rings is 2. The molecule has 0 saturated carbocycles. The molecule has 24 heavy (non-hydrogen) atoms. The highest BCUT2D eigenvalue weighted by molar-refractivity contribution is 5.14. The number of ether oxygens (including phenoxy) is 3. The van der Waals surface area contributed by atoms with Crippen LogP contribution in [0.2, 0.25) is 0 Å². The Morgan fingerprint density at radius 3 is 1.92 bits per heavy atom. The third-order valence-corrected chi connectivity index (χ3v) is 4.27. The van der Waals surface area contributed by atoms with Crippen LogP contribution in [-0.2, 0) is 27.4 Å². The molecule has 0 aromatic heterocycles. The summed E-state index contributed by atoms with van der Waals surface area (Å²) < 4.78 is 17.4. The number of hydrogen-bond donors (Lipinski definition) is 1. The van der Waals surface area contributed by atoms with Crippen molar-refractivity contribution in [3.05, 3.63) is 71.8 Å². The van der Waals surface area contributed by atoms with E-state index < -0.39 is 6.29 Å². The Hall–Kier alpha value is -1.72. The highest BCUT2D eigenvalue weighted by Crippen LogP contribution is 2.25. The molecule has 0 unspecified atom stereocenters. The SMILES string of the molecule is C[C@H]1O[C@H](O)[C@@H](OCc2ccccc2)C[C@@H]1OCc1ccccc1. The van der Waals surface area contributed by atoms with Gasteiger partial charge in [-0.25, -0.2) is 0 Å². The maximum Gasteiger partial charge on any atom is 0.181 e. The second-order valence-electron chi connectivity index (χ2n) is 6.14. The Morgan fingerprint density at radius 2 is 1.38 bits per heavy atom. The molecule has 1 aliphatic heterocycles. The summed E-state index contributed by atoms with van der Waals surface area (Å²) in [5, 5.41) is 10.1. The van der Waals surface area contributed by atoms with Gasteiger partial charge in [-0.2, -0.15) is 0 Å². The fourth-order valence-corrected chi connectivity index (χ4v) is 2.84. The second kappa shape index (κ2) is 8.40. The lowest BCUT2D eigenvalue weighted by molar-refractivity contribution is -0.262. The van der Waals surface area contributed by atoms with Gasteiger partial charge in [-0.15, -0.1) is 0 Å². The van der Waals surface area contributed by atoms with Gasteiger partial charge in [0.1, 0.15) is 6.10 Å². The molecular weight excluding hydrogens is 304 g/mol. The van der Waals surface area contributed by atoms with Crippen molar-refractivity contribution in [3.63, 3.8) is 0 Å². The summed E-state index contributed by atoms with van der Waals surface area (Å²) >= 11 is 0. The predicted molar refractivity (Wildman–Crippen MR) is 91.2 cm³/mol. The van der Waals surface area contributed by atoms with Gasteiger partial charge < -0.3 is 19.3 Å². The van der Waals surface area contributed by atoms with Gasteiger partial charge in [0.15, 0.2) is 6.29 Å². The minimum absolute atomic E-state index is 0.102. The first-order chi connectivity index (χ1) is 11.7. The first kappa shape index (κ1) is 17.1. The summed E-state index contributed by atoms with van der Waals surface area (Å²) in [6, 6.07) is 20.0. The molecule has 2 aromatic rings. The molecule has 0 spiro atoms. The molecule has 4 atom stereocenters. The summed E-state index contributed by atoms with van der Waals surface area (Å²) in [5.74, 6) is 0. The van der Waals surface area contributed by atoms with E-state index in [4.69, 9.17) is 14.2 Å². The van der Waals surface area contributed by atoms with E-state index >= 15 is 0 Å². The monoisotopic (exact) mass is 328 g/mol. The summed E-state index contributed by atoms with van der Waals surface area (Å²) in [5.41, 5.74) is 2.20. The smallest absolute Gasteiger partial charge is 0.181 e. The molecule has 4 nitrogen and oxygen atoms in total. The third-order valence-electron chi connectivity index (χ3n) is 4.27. The Kier molecular flexibility index (Phi) is 5.99. The Balaban J connectivity index is 1.53. The maximum atomic E-state index is 10.1. The van der Waals surface area contributed by atoms with Crippen molar-refractivity contribution in [1.29, 1.82) is 0 Å². The molecule has 1 saturated heterocycles. The molecule has 0 amide bonds. The van der Waals surface area contributed by atoms with Crippen LogP contribution in [0.1, 0.15) is 24.5 Å². The van der Waals surface area contributed by atoms with E-state index in [2.05, 4.69) is 0 Å². The molecule has 2 aromatic carbocycles.